The van der Waals surface area contributed by atoms with Gasteiger partial charge in [0.2, 0.25) is 5.78 Å². The summed E-state index contributed by atoms with van der Waals surface area (Å²) in [5.74, 6) is -10.2. The van der Waals surface area contributed by atoms with Gasteiger partial charge in [0.15, 0.2) is 5.96 Å². The second kappa shape index (κ2) is 19.6. The third-order valence-corrected chi connectivity index (χ3v) is 6.33. The van der Waals surface area contributed by atoms with Gasteiger partial charge in [0.1, 0.15) is 18.2 Å². The quantitative estimate of drug-likeness (QED) is 0.0522. The van der Waals surface area contributed by atoms with E-state index in [1.165, 1.54) is 18.2 Å². The lowest BCUT2D eigenvalue weighted by Crippen LogP contribution is -2.39. The van der Waals surface area contributed by atoms with Crippen LogP contribution >= 0.6 is 0 Å². The molecule has 0 unspecified atom stereocenters. The van der Waals surface area contributed by atoms with Crippen molar-refractivity contribution in [1.29, 1.82) is 5.41 Å². The van der Waals surface area contributed by atoms with Crippen LogP contribution in [0.15, 0.2) is 59.6 Å². The number of carbonyl (C=O) groups is 6. The number of fused-ring (bicyclic) bond motifs is 1. The second-order valence-corrected chi connectivity index (χ2v) is 10.4. The van der Waals surface area contributed by atoms with Crippen molar-refractivity contribution in [2.45, 2.75) is 37.7 Å². The van der Waals surface area contributed by atoms with Gasteiger partial charge in [0.25, 0.3) is 5.91 Å². The largest absolute Gasteiger partial charge is 0.491 e. The third-order valence-electron chi connectivity index (χ3n) is 6.33. The van der Waals surface area contributed by atoms with Crippen molar-refractivity contribution >= 4 is 63.8 Å². The minimum Gasteiger partial charge on any atom is -0.491 e. The Morgan fingerprint density at radius 1 is 0.815 bits per heavy atom. The van der Waals surface area contributed by atoms with Gasteiger partial charge in [-0.3, -0.25) is 19.8 Å². The number of nitrogens with one attached hydrogen (secondary N) is 2. The number of ether oxygens (including phenoxy) is 1. The van der Waals surface area contributed by atoms with Crippen LogP contribution in [0, 0.1) is 5.41 Å². The summed E-state index contributed by atoms with van der Waals surface area (Å²) in [6.07, 6.45) is -10.9. The fraction of sp³-hybridized carbons (Fsp3) is 0.226. The summed E-state index contributed by atoms with van der Waals surface area (Å²) >= 11 is 0. The van der Waals surface area contributed by atoms with Crippen molar-refractivity contribution in [3.8, 4) is 5.75 Å². The van der Waals surface area contributed by atoms with E-state index >= 15 is 0 Å². The van der Waals surface area contributed by atoms with Crippen molar-refractivity contribution in [3.05, 3.63) is 71.3 Å². The van der Waals surface area contributed by atoms with Crippen LogP contribution in [0.5, 0.6) is 5.75 Å². The Labute approximate surface area is 298 Å². The molecule has 0 heterocycles. The molecule has 0 aromatic heterocycles. The number of hydrogen-bond acceptors (Lipinski definition) is 9. The van der Waals surface area contributed by atoms with Crippen molar-refractivity contribution < 1.29 is 80.3 Å². The molecule has 0 saturated carbocycles. The molecule has 1 atom stereocenters. The molecule has 292 valence electrons. The van der Waals surface area contributed by atoms with Gasteiger partial charge in [-0.2, -0.15) is 26.3 Å². The molecule has 3 aromatic carbocycles. The number of rotatable bonds is 13. The van der Waals surface area contributed by atoms with E-state index in [1.807, 2.05) is 0 Å². The van der Waals surface area contributed by atoms with Crippen molar-refractivity contribution in [2.75, 3.05) is 6.61 Å². The molecule has 0 aliphatic carbocycles. The third kappa shape index (κ3) is 15.1. The zero-order valence-corrected chi connectivity index (χ0v) is 27.2. The molecule has 17 nitrogen and oxygen atoms in total. The Hall–Kier alpha value is -6.94. The molecule has 1 amide bonds. The maximum Gasteiger partial charge on any atom is 0.490 e. The van der Waals surface area contributed by atoms with Crippen LogP contribution in [0.1, 0.15) is 34.3 Å². The fourth-order valence-electron chi connectivity index (χ4n) is 3.92. The number of alkyl halides is 6. The second-order valence-electron chi connectivity index (χ2n) is 10.4. The maximum absolute atomic E-state index is 13.3. The number of nitrogens with two attached hydrogens (primary N) is 3. The number of nitrogens with zero attached hydrogens (tertiary/aromatic N) is 1. The molecule has 54 heavy (non-hydrogen) atoms. The first kappa shape index (κ1) is 45.1. The Bertz CT molecular complexity index is 1910. The molecule has 0 aliphatic rings. The van der Waals surface area contributed by atoms with Crippen LogP contribution in [0.2, 0.25) is 0 Å². The predicted molar refractivity (Wildman–Crippen MR) is 174 cm³/mol. The number of aliphatic carboxylic acids is 4. The van der Waals surface area contributed by atoms with E-state index in [1.54, 1.807) is 36.4 Å². The van der Waals surface area contributed by atoms with Crippen molar-refractivity contribution in [1.82, 2.24) is 5.32 Å². The van der Waals surface area contributed by atoms with Gasteiger partial charge < -0.3 is 47.7 Å². The number of carboxylic acid groups (broad SMARTS) is 4. The Morgan fingerprint density at radius 3 is 1.81 bits per heavy atom. The molecule has 0 bridgehead atoms. The Kier molecular flexibility index (Phi) is 16.4. The van der Waals surface area contributed by atoms with Crippen LogP contribution in [0.25, 0.3) is 10.8 Å². The number of amidine groups is 1. The van der Waals surface area contributed by atoms with Crippen molar-refractivity contribution in [2.24, 2.45) is 22.2 Å². The summed E-state index contributed by atoms with van der Waals surface area (Å²) in [5, 5.41) is 44.1. The number of halogens is 6. The lowest BCUT2D eigenvalue weighted by molar-refractivity contribution is -0.193. The topological polar surface area (TPSA) is 319 Å². The Morgan fingerprint density at radius 2 is 1.35 bits per heavy atom. The van der Waals surface area contributed by atoms with E-state index in [4.69, 9.17) is 52.3 Å². The van der Waals surface area contributed by atoms with Gasteiger partial charge in [-0.05, 0) is 30.0 Å². The van der Waals surface area contributed by atoms with Crippen LogP contribution in [0.4, 0.5) is 32.0 Å². The van der Waals surface area contributed by atoms with E-state index in [0.29, 0.717) is 16.5 Å². The average Bonchev–Trinajstić information content (AvgIpc) is 3.05. The summed E-state index contributed by atoms with van der Waals surface area (Å²) in [4.78, 5) is 69.4. The number of nitrogen functional groups attached to an aromatic ring is 1. The molecule has 0 aliphatic heterocycles. The summed E-state index contributed by atoms with van der Waals surface area (Å²) in [6, 6.07) is 13.5. The number of ketones is 1. The van der Waals surface area contributed by atoms with E-state index in [-0.39, 0.29) is 53.7 Å². The number of hydrogen-bond donors (Lipinski definition) is 9. The standard InChI is InChI=1S/C27H28N6O7.2C2HF3O2/c28-24(29)15-6-5-14(11-21(34)26(38)39)22(12-15)40-13-16(7-10-23(35)36)32-25(37)19-8-9-20(33-27(30)31)18-4-2-1-3-17(18)19;2*3-2(4,5)1(6)7/h1-6,8-9,12,16H,7,10-11,13H2,(H3,28,29)(H,32,37)(H,35,36)(H,38,39)(H4,30,31,33);2*(H,6,7)/t16-;;/m1../s1. The van der Waals surface area contributed by atoms with Gasteiger partial charge in [-0.1, -0.05) is 36.4 Å². The number of Topliss-reactive ketones (excluding diaryl/α,β-unsaturated/α-hetero) is 1. The van der Waals surface area contributed by atoms with E-state index in [9.17, 15) is 50.6 Å². The zero-order chi connectivity index (χ0) is 41.6. The minimum absolute atomic E-state index is 0.000872. The van der Waals surface area contributed by atoms with Crippen LogP contribution < -0.4 is 27.3 Å². The van der Waals surface area contributed by atoms with Crippen molar-refractivity contribution in [3.63, 3.8) is 0 Å². The van der Waals surface area contributed by atoms with Gasteiger partial charge in [-0.25, -0.2) is 19.4 Å². The van der Waals surface area contributed by atoms with Gasteiger partial charge >= 0.3 is 36.2 Å². The van der Waals surface area contributed by atoms with E-state index < -0.39 is 60.4 Å². The molecule has 23 heteroatoms. The number of guanidine groups is 1. The first-order chi connectivity index (χ1) is 24.8. The molecule has 0 fully saturated rings. The molecule has 0 radical (unpaired) electrons. The molecule has 3 rings (SSSR count). The first-order valence-corrected chi connectivity index (χ1v) is 14.5. The Balaban J connectivity index is 0.000000879. The highest BCUT2D eigenvalue weighted by Gasteiger charge is 2.39. The van der Waals surface area contributed by atoms with E-state index in [2.05, 4.69) is 10.3 Å². The predicted octanol–water partition coefficient (Wildman–Crippen LogP) is 2.53. The van der Waals surface area contributed by atoms with Crippen LogP contribution in [-0.4, -0.2) is 92.8 Å². The van der Waals surface area contributed by atoms with Crippen LogP contribution in [0.3, 0.4) is 0 Å². The zero-order valence-electron chi connectivity index (χ0n) is 27.2. The normalized spacial score (nSPS) is 11.3. The molecule has 0 spiro atoms. The van der Waals surface area contributed by atoms with Gasteiger partial charge in [-0.15, -0.1) is 0 Å². The number of carboxylic acids is 4. The highest BCUT2D eigenvalue weighted by atomic mass is 19.4. The molecule has 12 N–H and O–H groups in total. The number of carbonyl (C=O) groups excluding carboxylic acids is 2. The summed E-state index contributed by atoms with van der Waals surface area (Å²) in [7, 11) is 0. The smallest absolute Gasteiger partial charge is 0.490 e. The maximum atomic E-state index is 13.3. The minimum atomic E-state index is -5.08. The lowest BCUT2D eigenvalue weighted by Gasteiger charge is -2.21. The van der Waals surface area contributed by atoms with E-state index in [0.717, 1.165) is 0 Å². The number of benzene rings is 3. The molecular weight excluding hydrogens is 746 g/mol. The van der Waals surface area contributed by atoms with Crippen LogP contribution in [-0.2, 0) is 30.4 Å². The highest BCUT2D eigenvalue weighted by molar-refractivity contribution is 6.33. The number of aliphatic imine (C=N–C) groups is 1. The highest BCUT2D eigenvalue weighted by Crippen LogP contribution is 2.29. The summed E-state index contributed by atoms with van der Waals surface area (Å²) in [6.45, 7) is -0.224. The lowest BCUT2D eigenvalue weighted by atomic mass is 10.0. The molecular formula is C31H30F6N6O11. The SMILES string of the molecule is N=C(N)c1ccc(CC(=O)C(=O)O)c(OC[C@@H](CCC(=O)O)NC(=O)c2ccc(N=C(N)N)c3ccccc23)c1.O=C(O)C(F)(F)F.O=C(O)C(F)(F)F. The fourth-order valence-corrected chi connectivity index (χ4v) is 3.92. The number of amides is 1. The average molecular weight is 777 g/mol. The molecule has 3 aromatic rings. The molecule has 0 saturated heterocycles. The summed E-state index contributed by atoms with van der Waals surface area (Å²) < 4.78 is 69.3. The van der Waals surface area contributed by atoms with Gasteiger partial charge in [0.05, 0.1) is 11.7 Å². The first-order valence-electron chi connectivity index (χ1n) is 14.5. The van der Waals surface area contributed by atoms with Gasteiger partial charge in [0, 0.05) is 34.9 Å². The summed E-state index contributed by atoms with van der Waals surface area (Å²) in [5.41, 5.74) is 17.8. The monoisotopic (exact) mass is 776 g/mol.